The Morgan fingerprint density at radius 1 is 1.00 bits per heavy atom. The summed E-state index contributed by atoms with van der Waals surface area (Å²) in [5, 5.41) is 10.7. The number of anilines is 1. The second kappa shape index (κ2) is 11.6. The van der Waals surface area contributed by atoms with E-state index in [-0.39, 0.29) is 36.0 Å². The molecule has 2 saturated carbocycles. The third kappa shape index (κ3) is 5.79. The number of rotatable bonds is 6. The Balaban J connectivity index is 1.42. The van der Waals surface area contributed by atoms with Crippen LogP contribution in [-0.4, -0.2) is 53.5 Å². The molecule has 9 heteroatoms. The summed E-state index contributed by atoms with van der Waals surface area (Å²) in [4.78, 5) is 28.4. The van der Waals surface area contributed by atoms with Crippen molar-refractivity contribution < 1.29 is 4.79 Å². The van der Waals surface area contributed by atoms with Crippen LogP contribution in [0.15, 0.2) is 17.1 Å². The van der Waals surface area contributed by atoms with Gasteiger partial charge < -0.3 is 21.4 Å². The number of pyridine rings is 1. The molecule has 2 saturated heterocycles. The molecule has 200 valence electrons. The van der Waals surface area contributed by atoms with Crippen LogP contribution < -0.4 is 33.0 Å². The molecule has 5 rings (SSSR count). The van der Waals surface area contributed by atoms with Gasteiger partial charge >= 0.3 is 0 Å². The van der Waals surface area contributed by atoms with Crippen molar-refractivity contribution in [2.75, 3.05) is 25.0 Å². The van der Waals surface area contributed by atoms with E-state index in [1.165, 1.54) is 38.5 Å². The quantitative estimate of drug-likeness (QED) is 0.405. The first-order chi connectivity index (χ1) is 17.5. The van der Waals surface area contributed by atoms with Gasteiger partial charge in [-0.15, -0.1) is 0 Å². The maximum absolute atomic E-state index is 13.7. The van der Waals surface area contributed by atoms with Gasteiger partial charge in [0.05, 0.1) is 17.8 Å². The average molecular weight is 500 g/mol. The highest BCUT2D eigenvalue weighted by molar-refractivity contribution is 5.78. The predicted molar refractivity (Wildman–Crippen MR) is 142 cm³/mol. The summed E-state index contributed by atoms with van der Waals surface area (Å²) in [5.74, 6) is -0.430. The summed E-state index contributed by atoms with van der Waals surface area (Å²) in [5.41, 5.74) is 14.1. The van der Waals surface area contributed by atoms with Gasteiger partial charge in [-0.1, -0.05) is 38.5 Å². The molecule has 36 heavy (non-hydrogen) atoms. The summed E-state index contributed by atoms with van der Waals surface area (Å²) < 4.78 is 2.01. The molecule has 0 aromatic carbocycles. The molecule has 3 unspecified atom stereocenters. The molecule has 7 N–H and O–H groups in total. The third-order valence-corrected chi connectivity index (χ3v) is 8.90. The fourth-order valence-electron chi connectivity index (χ4n) is 6.84. The number of hydrogen-bond acceptors (Lipinski definition) is 7. The maximum atomic E-state index is 13.7. The molecule has 4 fully saturated rings. The van der Waals surface area contributed by atoms with E-state index in [4.69, 9.17) is 11.5 Å². The summed E-state index contributed by atoms with van der Waals surface area (Å²) in [6.45, 7) is 2.27. The molecule has 1 aromatic heterocycles. The van der Waals surface area contributed by atoms with Gasteiger partial charge in [-0.25, -0.2) is 0 Å². The van der Waals surface area contributed by atoms with Crippen molar-refractivity contribution in [3.63, 3.8) is 0 Å². The zero-order chi connectivity index (χ0) is 25.1. The lowest BCUT2D eigenvalue weighted by Gasteiger charge is -2.44. The summed E-state index contributed by atoms with van der Waals surface area (Å²) in [6, 6.07) is 2.48. The van der Waals surface area contributed by atoms with E-state index >= 15 is 0 Å². The molecule has 1 aromatic rings. The van der Waals surface area contributed by atoms with Crippen LogP contribution in [-0.2, 0) is 4.79 Å². The Hall–Kier alpha value is -1.94. The van der Waals surface area contributed by atoms with Gasteiger partial charge in [-0.05, 0) is 50.5 Å². The molecule has 4 atom stereocenters. The monoisotopic (exact) mass is 499 g/mol. The Bertz CT molecular complexity index is 912. The fourth-order valence-corrected chi connectivity index (χ4v) is 6.84. The Morgan fingerprint density at radius 2 is 1.72 bits per heavy atom. The maximum Gasteiger partial charge on any atom is 0.254 e. The smallest absolute Gasteiger partial charge is 0.254 e. The second-order valence-corrected chi connectivity index (χ2v) is 11.5. The van der Waals surface area contributed by atoms with E-state index in [1.807, 2.05) is 10.8 Å². The highest BCUT2D eigenvalue weighted by atomic mass is 16.1. The molecule has 0 spiro atoms. The molecule has 4 aliphatic rings. The zero-order valence-electron chi connectivity index (χ0n) is 21.6. The van der Waals surface area contributed by atoms with Crippen LogP contribution >= 0.6 is 0 Å². The molecular formula is C27H45N7O2. The van der Waals surface area contributed by atoms with Gasteiger partial charge in [0, 0.05) is 43.5 Å². The van der Waals surface area contributed by atoms with Gasteiger partial charge in [0.2, 0.25) is 5.91 Å². The first-order valence-electron chi connectivity index (χ1n) is 14.3. The Kier molecular flexibility index (Phi) is 8.30. The van der Waals surface area contributed by atoms with Gasteiger partial charge in [0.15, 0.2) is 0 Å². The highest BCUT2D eigenvalue weighted by Crippen LogP contribution is 2.34. The lowest BCUT2D eigenvalue weighted by molar-refractivity contribution is -0.123. The van der Waals surface area contributed by atoms with Crippen LogP contribution in [0.25, 0.3) is 0 Å². The van der Waals surface area contributed by atoms with E-state index in [0.717, 1.165) is 62.9 Å². The number of aromatic nitrogens is 1. The lowest BCUT2D eigenvalue weighted by Crippen LogP contribution is -2.70. The van der Waals surface area contributed by atoms with Crippen LogP contribution in [0.5, 0.6) is 0 Å². The van der Waals surface area contributed by atoms with Gasteiger partial charge in [-0.2, -0.15) is 0 Å². The van der Waals surface area contributed by atoms with Crippen molar-refractivity contribution in [2.24, 2.45) is 17.4 Å². The molecule has 9 nitrogen and oxygen atoms in total. The number of primary amides is 1. The van der Waals surface area contributed by atoms with Crippen LogP contribution in [0.3, 0.4) is 0 Å². The number of nitrogens with one attached hydrogen (secondary N) is 3. The number of likely N-dealkylation sites (tertiary alicyclic amines) is 1. The van der Waals surface area contributed by atoms with Crippen LogP contribution in [0.1, 0.15) is 94.6 Å². The van der Waals surface area contributed by atoms with Gasteiger partial charge in [0.25, 0.3) is 5.56 Å². The molecule has 3 heterocycles. The summed E-state index contributed by atoms with van der Waals surface area (Å²) >= 11 is 0. The van der Waals surface area contributed by atoms with E-state index < -0.39 is 5.92 Å². The SMILES string of the molecule is NC(=O)C1CNC(N2CCC[C@H](N)C2)NC1Nc1cc(C2CCCCC2)c(=O)n(C2CCCCC2)c1. The molecule has 1 amide bonds. The van der Waals surface area contributed by atoms with Crippen molar-refractivity contribution in [2.45, 2.75) is 108 Å². The van der Waals surface area contributed by atoms with E-state index in [9.17, 15) is 9.59 Å². The molecule has 0 bridgehead atoms. The first kappa shape index (κ1) is 25.7. The van der Waals surface area contributed by atoms with Crippen molar-refractivity contribution in [3.8, 4) is 0 Å². The van der Waals surface area contributed by atoms with Crippen LogP contribution in [0.2, 0.25) is 0 Å². The van der Waals surface area contributed by atoms with Crippen molar-refractivity contribution in [1.82, 2.24) is 20.1 Å². The predicted octanol–water partition coefficient (Wildman–Crippen LogP) is 2.14. The van der Waals surface area contributed by atoms with Crippen molar-refractivity contribution in [1.29, 1.82) is 0 Å². The molecule has 2 aliphatic carbocycles. The second-order valence-electron chi connectivity index (χ2n) is 11.5. The molecule has 2 aliphatic heterocycles. The van der Waals surface area contributed by atoms with E-state index in [2.05, 4.69) is 26.9 Å². The minimum absolute atomic E-state index is 0.0773. The average Bonchev–Trinajstić information content (AvgIpc) is 2.90. The van der Waals surface area contributed by atoms with Gasteiger partial charge in [0.1, 0.15) is 6.29 Å². The normalized spacial score (nSPS) is 31.2. The highest BCUT2D eigenvalue weighted by Gasteiger charge is 2.37. The molecular weight excluding hydrogens is 454 g/mol. The number of amides is 1. The van der Waals surface area contributed by atoms with E-state index in [0.29, 0.717) is 12.5 Å². The third-order valence-electron chi connectivity index (χ3n) is 8.90. The Morgan fingerprint density at radius 3 is 2.42 bits per heavy atom. The lowest BCUT2D eigenvalue weighted by atomic mass is 9.84. The van der Waals surface area contributed by atoms with E-state index in [1.54, 1.807) is 0 Å². The minimum Gasteiger partial charge on any atom is -0.369 e. The van der Waals surface area contributed by atoms with Crippen LogP contribution in [0.4, 0.5) is 5.69 Å². The Labute approximate surface area is 214 Å². The first-order valence-corrected chi connectivity index (χ1v) is 14.3. The van der Waals surface area contributed by atoms with Crippen molar-refractivity contribution in [3.05, 3.63) is 28.2 Å². The number of hydrogen-bond donors (Lipinski definition) is 5. The number of nitrogens with zero attached hydrogens (tertiary/aromatic N) is 2. The summed E-state index contributed by atoms with van der Waals surface area (Å²) in [6.07, 6.45) is 15.2. The zero-order valence-corrected chi connectivity index (χ0v) is 21.6. The number of nitrogens with two attached hydrogens (primary N) is 2. The summed E-state index contributed by atoms with van der Waals surface area (Å²) in [7, 11) is 0. The molecule has 0 radical (unpaired) electrons. The number of carbonyl (C=O) groups is 1. The van der Waals surface area contributed by atoms with Crippen LogP contribution in [0, 0.1) is 5.92 Å². The topological polar surface area (TPSA) is 130 Å². The number of piperidine rings is 1. The number of carbonyl (C=O) groups excluding carboxylic acids is 1. The standard InChI is InChI=1S/C27H45N7O2/c28-19-10-7-13-33(16-19)27-30-15-23(24(29)35)25(32-27)31-20-14-22(18-8-3-1-4-9-18)26(36)34(17-20)21-11-5-2-6-12-21/h14,17-19,21,23,25,27,30-32H,1-13,15-16,28H2,(H2,29,35)/t19-,23?,25?,27?/m0/s1. The largest absolute Gasteiger partial charge is 0.369 e. The van der Waals surface area contributed by atoms with Crippen molar-refractivity contribution >= 4 is 11.6 Å². The fraction of sp³-hybridized carbons (Fsp3) is 0.778. The minimum atomic E-state index is -0.409. The van der Waals surface area contributed by atoms with Gasteiger partial charge in [-0.3, -0.25) is 25.1 Å².